The topological polar surface area (TPSA) is 75.9 Å². The number of aromatic nitrogens is 4. The number of nitrogens with one attached hydrogen (secondary N) is 1. The van der Waals surface area contributed by atoms with Crippen molar-refractivity contribution in [1.29, 1.82) is 0 Å². The second-order valence-electron chi connectivity index (χ2n) is 5.70. The lowest BCUT2D eigenvalue weighted by Crippen LogP contribution is -2.41. The van der Waals surface area contributed by atoms with Crippen LogP contribution in [-0.2, 0) is 11.3 Å². The highest BCUT2D eigenvalue weighted by Crippen LogP contribution is 2.18. The lowest BCUT2D eigenvalue weighted by atomic mass is 9.98. The Kier molecular flexibility index (Phi) is 4.79. The molecule has 1 amide bonds. The molecule has 1 N–H and O–H groups in total. The summed E-state index contributed by atoms with van der Waals surface area (Å²) in [5, 5.41) is 9.64. The number of anilines is 1. The first-order valence-corrected chi connectivity index (χ1v) is 8.34. The number of carbonyl (C=O) groups is 1. The molecule has 0 aromatic carbocycles. The molecule has 7 nitrogen and oxygen atoms in total. The van der Waals surface area contributed by atoms with E-state index < -0.39 is 0 Å². The minimum absolute atomic E-state index is 0.00996. The number of likely N-dealkylation sites (tertiary alicyclic amines) is 1. The summed E-state index contributed by atoms with van der Waals surface area (Å²) in [6.45, 7) is 5.10. The van der Waals surface area contributed by atoms with Gasteiger partial charge in [-0.25, -0.2) is 9.97 Å². The third-order valence-electron chi connectivity index (χ3n) is 3.75. The fraction of sp³-hybridized carbons (Fsp3) is 0.571. The lowest BCUT2D eigenvalue weighted by molar-refractivity contribution is -0.117. The van der Waals surface area contributed by atoms with Crippen LogP contribution in [0.2, 0.25) is 0 Å². The average Bonchev–Trinajstić information content (AvgIpc) is 3.11. The predicted octanol–water partition coefficient (Wildman–Crippen LogP) is 1.39. The average molecular weight is 320 g/mol. The maximum absolute atomic E-state index is 12.1. The van der Waals surface area contributed by atoms with Crippen LogP contribution < -0.4 is 5.32 Å². The molecule has 3 heterocycles. The van der Waals surface area contributed by atoms with Gasteiger partial charge in [0.05, 0.1) is 12.2 Å². The summed E-state index contributed by atoms with van der Waals surface area (Å²) in [5.41, 5.74) is 0.936. The van der Waals surface area contributed by atoms with Crippen molar-refractivity contribution in [2.75, 3.05) is 25.0 Å². The van der Waals surface area contributed by atoms with Gasteiger partial charge in [-0.05, 0) is 32.2 Å². The third kappa shape index (κ3) is 4.11. The molecule has 3 rings (SSSR count). The SMILES string of the molecule is Cc1csc(NC(=O)CN2CCCC(Cn3cncn3)C2)n1. The molecule has 1 aliphatic heterocycles. The summed E-state index contributed by atoms with van der Waals surface area (Å²) >= 11 is 1.46. The number of hydrogen-bond acceptors (Lipinski definition) is 6. The molecule has 2 aromatic heterocycles. The zero-order valence-electron chi connectivity index (χ0n) is 12.6. The summed E-state index contributed by atoms with van der Waals surface area (Å²) in [7, 11) is 0. The van der Waals surface area contributed by atoms with Crippen LogP contribution in [0.4, 0.5) is 5.13 Å². The summed E-state index contributed by atoms with van der Waals surface area (Å²) in [6.07, 6.45) is 5.59. The van der Waals surface area contributed by atoms with Gasteiger partial charge in [-0.15, -0.1) is 11.3 Å². The second-order valence-corrected chi connectivity index (χ2v) is 6.56. The van der Waals surface area contributed by atoms with Crippen molar-refractivity contribution >= 4 is 22.4 Å². The molecule has 1 saturated heterocycles. The summed E-state index contributed by atoms with van der Waals surface area (Å²) in [4.78, 5) is 22.5. The summed E-state index contributed by atoms with van der Waals surface area (Å²) in [6, 6.07) is 0. The van der Waals surface area contributed by atoms with E-state index in [1.165, 1.54) is 17.8 Å². The smallest absolute Gasteiger partial charge is 0.240 e. The van der Waals surface area contributed by atoms with Crippen molar-refractivity contribution < 1.29 is 4.79 Å². The number of aryl methyl sites for hydroxylation is 1. The van der Waals surface area contributed by atoms with Gasteiger partial charge in [-0.1, -0.05) is 0 Å². The normalized spacial score (nSPS) is 19.2. The van der Waals surface area contributed by atoms with Crippen LogP contribution in [0, 0.1) is 12.8 Å². The Morgan fingerprint density at radius 2 is 2.45 bits per heavy atom. The largest absolute Gasteiger partial charge is 0.301 e. The van der Waals surface area contributed by atoms with Gasteiger partial charge in [0.25, 0.3) is 0 Å². The number of amides is 1. The zero-order valence-corrected chi connectivity index (χ0v) is 13.4. The standard InChI is InChI=1S/C14H20N6OS/c1-11-8-22-14(17-11)18-13(21)7-19-4-2-3-12(5-19)6-20-10-15-9-16-20/h8-10,12H,2-7H2,1H3,(H,17,18,21). The summed E-state index contributed by atoms with van der Waals surface area (Å²) < 4.78 is 1.87. The molecule has 0 bridgehead atoms. The maximum Gasteiger partial charge on any atom is 0.240 e. The number of nitrogens with zero attached hydrogens (tertiary/aromatic N) is 5. The molecule has 2 aromatic rings. The Balaban J connectivity index is 1.48. The van der Waals surface area contributed by atoms with Gasteiger partial charge in [-0.3, -0.25) is 14.4 Å². The molecule has 22 heavy (non-hydrogen) atoms. The molecular weight excluding hydrogens is 300 g/mol. The minimum Gasteiger partial charge on any atom is -0.301 e. The molecule has 0 aliphatic carbocycles. The minimum atomic E-state index is 0.00996. The molecule has 0 radical (unpaired) electrons. The molecule has 1 fully saturated rings. The zero-order chi connectivity index (χ0) is 15.4. The van der Waals surface area contributed by atoms with Gasteiger partial charge < -0.3 is 5.32 Å². The van der Waals surface area contributed by atoms with Crippen LogP contribution in [0.25, 0.3) is 0 Å². The van der Waals surface area contributed by atoms with E-state index >= 15 is 0 Å². The molecule has 0 saturated carbocycles. The van der Waals surface area contributed by atoms with Crippen LogP contribution >= 0.6 is 11.3 Å². The van der Waals surface area contributed by atoms with E-state index in [2.05, 4.69) is 25.3 Å². The van der Waals surface area contributed by atoms with Crippen LogP contribution in [-0.4, -0.2) is 50.2 Å². The van der Waals surface area contributed by atoms with E-state index in [9.17, 15) is 4.79 Å². The van der Waals surface area contributed by atoms with Gasteiger partial charge in [-0.2, -0.15) is 5.10 Å². The highest BCUT2D eigenvalue weighted by atomic mass is 32.1. The molecule has 1 unspecified atom stereocenters. The first kappa shape index (κ1) is 15.1. The Hall–Kier alpha value is -1.80. The predicted molar refractivity (Wildman–Crippen MR) is 84.7 cm³/mol. The van der Waals surface area contributed by atoms with Crippen molar-refractivity contribution in [3.63, 3.8) is 0 Å². The molecule has 1 atom stereocenters. The van der Waals surface area contributed by atoms with E-state index in [0.717, 1.165) is 31.7 Å². The number of carbonyl (C=O) groups excluding carboxylic acids is 1. The lowest BCUT2D eigenvalue weighted by Gasteiger charge is -2.31. The van der Waals surface area contributed by atoms with Crippen LogP contribution in [0.15, 0.2) is 18.0 Å². The van der Waals surface area contributed by atoms with E-state index in [0.29, 0.717) is 17.6 Å². The van der Waals surface area contributed by atoms with Crippen LogP contribution in [0.3, 0.4) is 0 Å². The third-order valence-corrected chi connectivity index (χ3v) is 4.62. The van der Waals surface area contributed by atoms with Gasteiger partial charge in [0.1, 0.15) is 12.7 Å². The van der Waals surface area contributed by atoms with Gasteiger partial charge in [0, 0.05) is 18.5 Å². The molecular formula is C14H20N6OS. The monoisotopic (exact) mass is 320 g/mol. The van der Waals surface area contributed by atoms with Crippen molar-refractivity contribution in [3.8, 4) is 0 Å². The number of thiazole rings is 1. The van der Waals surface area contributed by atoms with Gasteiger partial charge in [0.15, 0.2) is 5.13 Å². The van der Waals surface area contributed by atoms with Crippen LogP contribution in [0.1, 0.15) is 18.5 Å². The fourth-order valence-electron chi connectivity index (χ4n) is 2.81. The molecule has 118 valence electrons. The number of rotatable bonds is 5. The Bertz CT molecular complexity index is 611. The van der Waals surface area contributed by atoms with Crippen molar-refractivity contribution in [2.24, 2.45) is 5.92 Å². The quantitative estimate of drug-likeness (QED) is 0.901. The van der Waals surface area contributed by atoms with Crippen molar-refractivity contribution in [3.05, 3.63) is 23.7 Å². The molecule has 8 heteroatoms. The Morgan fingerprint density at radius 1 is 1.55 bits per heavy atom. The highest BCUT2D eigenvalue weighted by Gasteiger charge is 2.22. The van der Waals surface area contributed by atoms with Gasteiger partial charge >= 0.3 is 0 Å². The van der Waals surface area contributed by atoms with E-state index in [-0.39, 0.29) is 5.91 Å². The Labute approximate surface area is 133 Å². The molecule has 0 spiro atoms. The summed E-state index contributed by atoms with van der Waals surface area (Å²) in [5.74, 6) is 0.529. The molecule has 1 aliphatic rings. The Morgan fingerprint density at radius 3 is 3.18 bits per heavy atom. The number of hydrogen-bond donors (Lipinski definition) is 1. The fourth-order valence-corrected chi connectivity index (χ4v) is 3.51. The van der Waals surface area contributed by atoms with E-state index in [1.54, 1.807) is 12.7 Å². The van der Waals surface area contributed by atoms with Crippen LogP contribution in [0.5, 0.6) is 0 Å². The highest BCUT2D eigenvalue weighted by molar-refractivity contribution is 7.13. The first-order chi connectivity index (χ1) is 10.7. The van der Waals surface area contributed by atoms with Crippen molar-refractivity contribution in [1.82, 2.24) is 24.6 Å². The van der Waals surface area contributed by atoms with Crippen molar-refractivity contribution in [2.45, 2.75) is 26.3 Å². The van der Waals surface area contributed by atoms with E-state index in [1.807, 2.05) is 17.0 Å². The van der Waals surface area contributed by atoms with Gasteiger partial charge in [0.2, 0.25) is 5.91 Å². The number of piperidine rings is 1. The second kappa shape index (κ2) is 6.97. The maximum atomic E-state index is 12.1. The van der Waals surface area contributed by atoms with E-state index in [4.69, 9.17) is 0 Å². The first-order valence-electron chi connectivity index (χ1n) is 7.46.